The third-order valence-corrected chi connectivity index (χ3v) is 3.31. The number of hydrogen-bond donors (Lipinski definition) is 1. The number of aromatic nitrogens is 1. The minimum atomic E-state index is -0.237. The summed E-state index contributed by atoms with van der Waals surface area (Å²) < 4.78 is 0. The lowest BCUT2D eigenvalue weighted by atomic mass is 9.90. The first-order valence-electron chi connectivity index (χ1n) is 5.91. The van der Waals surface area contributed by atoms with Crippen molar-refractivity contribution in [2.45, 2.75) is 32.7 Å². The minimum Gasteiger partial charge on any atom is -0.325 e. The number of nitrogens with one attached hydrogen (secondary N) is 1. The molecule has 0 saturated heterocycles. The van der Waals surface area contributed by atoms with Gasteiger partial charge in [0.1, 0.15) is 11.6 Å². The second-order valence-corrected chi connectivity index (χ2v) is 4.95. The van der Waals surface area contributed by atoms with E-state index >= 15 is 0 Å². The molecule has 2 rings (SSSR count). The van der Waals surface area contributed by atoms with Gasteiger partial charge in [-0.2, -0.15) is 5.26 Å². The molecule has 0 bridgehead atoms. The zero-order chi connectivity index (χ0) is 12.6. The van der Waals surface area contributed by atoms with Crippen molar-refractivity contribution in [1.82, 2.24) is 9.88 Å². The van der Waals surface area contributed by atoms with E-state index in [0.29, 0.717) is 0 Å². The highest BCUT2D eigenvalue weighted by Crippen LogP contribution is 2.27. The fourth-order valence-corrected chi connectivity index (χ4v) is 2.50. The van der Waals surface area contributed by atoms with Crippen LogP contribution in [0.15, 0.2) is 4.79 Å². The molecule has 90 valence electrons. The summed E-state index contributed by atoms with van der Waals surface area (Å²) in [7, 11) is 2.06. The Kier molecular flexibility index (Phi) is 3.03. The van der Waals surface area contributed by atoms with Gasteiger partial charge in [0.15, 0.2) is 0 Å². The van der Waals surface area contributed by atoms with Crippen LogP contribution in [0.3, 0.4) is 0 Å². The second kappa shape index (κ2) is 4.34. The van der Waals surface area contributed by atoms with Crippen molar-refractivity contribution in [3.05, 3.63) is 32.7 Å². The maximum atomic E-state index is 11.8. The maximum Gasteiger partial charge on any atom is 0.266 e. The van der Waals surface area contributed by atoms with Gasteiger partial charge in [-0.15, -0.1) is 0 Å². The van der Waals surface area contributed by atoms with Crippen molar-refractivity contribution in [1.29, 1.82) is 5.26 Å². The molecule has 4 heteroatoms. The number of nitrogens with zero attached hydrogens (tertiary/aromatic N) is 2. The van der Waals surface area contributed by atoms with Gasteiger partial charge in [-0.05, 0) is 24.1 Å². The fourth-order valence-electron chi connectivity index (χ4n) is 2.50. The Hall–Kier alpha value is -1.60. The molecular formula is C13H17N3O. The highest BCUT2D eigenvalue weighted by Gasteiger charge is 2.23. The van der Waals surface area contributed by atoms with Crippen molar-refractivity contribution in [3.63, 3.8) is 0 Å². The number of hydrogen-bond acceptors (Lipinski definition) is 3. The summed E-state index contributed by atoms with van der Waals surface area (Å²) >= 11 is 0. The van der Waals surface area contributed by atoms with E-state index in [-0.39, 0.29) is 17.0 Å². The van der Waals surface area contributed by atoms with Gasteiger partial charge < -0.3 is 9.88 Å². The van der Waals surface area contributed by atoms with E-state index in [9.17, 15) is 4.79 Å². The first-order chi connectivity index (χ1) is 8.04. The minimum absolute atomic E-state index is 0.201. The molecule has 0 saturated carbocycles. The Balaban J connectivity index is 2.72. The van der Waals surface area contributed by atoms with E-state index in [1.54, 1.807) is 0 Å². The highest BCUT2D eigenvalue weighted by molar-refractivity contribution is 5.45. The summed E-state index contributed by atoms with van der Waals surface area (Å²) in [5.74, 6) is 0.201. The molecule has 0 spiro atoms. The zero-order valence-electron chi connectivity index (χ0n) is 10.5. The smallest absolute Gasteiger partial charge is 0.266 e. The molecule has 0 atom stereocenters. The van der Waals surface area contributed by atoms with E-state index in [2.05, 4.69) is 16.9 Å². The van der Waals surface area contributed by atoms with Crippen LogP contribution in [0.4, 0.5) is 0 Å². The SMILES string of the molecule is CC(C)c1c2c([nH]c(=O)c1C#N)CCN(C)C2. The lowest BCUT2D eigenvalue weighted by Gasteiger charge is -2.28. The molecule has 1 aromatic heterocycles. The second-order valence-electron chi connectivity index (χ2n) is 4.95. The van der Waals surface area contributed by atoms with Gasteiger partial charge in [-0.25, -0.2) is 0 Å². The normalized spacial score (nSPS) is 15.7. The predicted octanol–water partition coefficient (Wildman–Crippen LogP) is 1.36. The van der Waals surface area contributed by atoms with E-state index in [1.165, 1.54) is 0 Å². The van der Waals surface area contributed by atoms with Crippen LogP contribution >= 0.6 is 0 Å². The van der Waals surface area contributed by atoms with Crippen LogP contribution in [0.5, 0.6) is 0 Å². The molecule has 4 nitrogen and oxygen atoms in total. The predicted molar refractivity (Wildman–Crippen MR) is 65.9 cm³/mol. The van der Waals surface area contributed by atoms with E-state index in [1.807, 2.05) is 19.9 Å². The van der Waals surface area contributed by atoms with Crippen molar-refractivity contribution >= 4 is 0 Å². The van der Waals surface area contributed by atoms with Crippen molar-refractivity contribution in [3.8, 4) is 6.07 Å². The molecule has 0 amide bonds. The van der Waals surface area contributed by atoms with Gasteiger partial charge >= 0.3 is 0 Å². The van der Waals surface area contributed by atoms with Crippen molar-refractivity contribution < 1.29 is 0 Å². The van der Waals surface area contributed by atoms with E-state index < -0.39 is 0 Å². The van der Waals surface area contributed by atoms with Gasteiger partial charge in [-0.3, -0.25) is 4.79 Å². The van der Waals surface area contributed by atoms with Gasteiger partial charge in [0.05, 0.1) is 0 Å². The lowest BCUT2D eigenvalue weighted by Crippen LogP contribution is -2.32. The van der Waals surface area contributed by atoms with Crippen LogP contribution < -0.4 is 5.56 Å². The third kappa shape index (κ3) is 1.98. The van der Waals surface area contributed by atoms with Gasteiger partial charge in [0.25, 0.3) is 5.56 Å². The zero-order valence-corrected chi connectivity index (χ0v) is 10.5. The average molecular weight is 231 g/mol. The monoisotopic (exact) mass is 231 g/mol. The molecule has 0 fully saturated rings. The number of pyridine rings is 1. The summed E-state index contributed by atoms with van der Waals surface area (Å²) in [6, 6.07) is 2.05. The van der Waals surface area contributed by atoms with Crippen LogP contribution in [0.1, 0.15) is 42.1 Å². The van der Waals surface area contributed by atoms with Crippen LogP contribution in [0.2, 0.25) is 0 Å². The molecule has 1 aliphatic heterocycles. The molecular weight excluding hydrogens is 214 g/mol. The molecule has 1 N–H and O–H groups in total. The summed E-state index contributed by atoms with van der Waals surface area (Å²) in [6.45, 7) is 5.83. The first kappa shape index (κ1) is 11.9. The summed E-state index contributed by atoms with van der Waals surface area (Å²) in [4.78, 5) is 16.9. The summed E-state index contributed by atoms with van der Waals surface area (Å²) in [6.07, 6.45) is 0.854. The van der Waals surface area contributed by atoms with Crippen LogP contribution in [0, 0.1) is 11.3 Å². The van der Waals surface area contributed by atoms with Crippen molar-refractivity contribution in [2.75, 3.05) is 13.6 Å². The summed E-state index contributed by atoms with van der Waals surface area (Å²) in [5.41, 5.74) is 3.13. The molecule has 17 heavy (non-hydrogen) atoms. The number of rotatable bonds is 1. The number of nitriles is 1. The Morgan fingerprint density at radius 3 is 2.76 bits per heavy atom. The Morgan fingerprint density at radius 2 is 2.18 bits per heavy atom. The van der Waals surface area contributed by atoms with Gasteiger partial charge in [-0.1, -0.05) is 13.8 Å². The molecule has 2 heterocycles. The lowest BCUT2D eigenvalue weighted by molar-refractivity contribution is 0.307. The highest BCUT2D eigenvalue weighted by atomic mass is 16.1. The van der Waals surface area contributed by atoms with Gasteiger partial charge in [0, 0.05) is 25.2 Å². The van der Waals surface area contributed by atoms with E-state index in [0.717, 1.165) is 36.3 Å². The third-order valence-electron chi connectivity index (χ3n) is 3.31. The maximum absolute atomic E-state index is 11.8. The standard InChI is InChI=1S/C13H17N3O/c1-8(2)12-9(6-14)13(17)15-11-4-5-16(3)7-10(11)12/h8H,4-5,7H2,1-3H3,(H,15,17). The average Bonchev–Trinajstić information content (AvgIpc) is 2.27. The topological polar surface area (TPSA) is 59.9 Å². The van der Waals surface area contributed by atoms with E-state index in [4.69, 9.17) is 5.26 Å². The quantitative estimate of drug-likeness (QED) is 0.793. The number of likely N-dealkylation sites (N-methyl/N-ethyl adjacent to an activating group) is 1. The van der Waals surface area contributed by atoms with Crippen LogP contribution in [-0.4, -0.2) is 23.5 Å². The molecule has 0 aromatic carbocycles. The summed E-state index contributed by atoms with van der Waals surface area (Å²) in [5, 5.41) is 9.13. The molecule has 1 aliphatic rings. The molecule has 0 radical (unpaired) electrons. The molecule has 1 aromatic rings. The number of H-pyrrole nitrogens is 1. The Morgan fingerprint density at radius 1 is 1.47 bits per heavy atom. The fraction of sp³-hybridized carbons (Fsp3) is 0.538. The van der Waals surface area contributed by atoms with Crippen LogP contribution in [0.25, 0.3) is 0 Å². The number of fused-ring (bicyclic) bond motifs is 1. The number of aromatic amines is 1. The Bertz CT molecular complexity index is 537. The molecule has 0 unspecified atom stereocenters. The first-order valence-corrected chi connectivity index (χ1v) is 5.91. The molecule has 0 aliphatic carbocycles. The van der Waals surface area contributed by atoms with Crippen LogP contribution in [-0.2, 0) is 13.0 Å². The van der Waals surface area contributed by atoms with Crippen molar-refractivity contribution in [2.24, 2.45) is 0 Å². The largest absolute Gasteiger partial charge is 0.325 e. The Labute approximate surface area is 101 Å². The van der Waals surface area contributed by atoms with Gasteiger partial charge in [0.2, 0.25) is 0 Å².